The van der Waals surface area contributed by atoms with Crippen molar-refractivity contribution in [1.29, 1.82) is 0 Å². The fraction of sp³-hybridized carbons (Fsp3) is 0.611. The summed E-state index contributed by atoms with van der Waals surface area (Å²) in [7, 11) is 0. The Morgan fingerprint density at radius 2 is 2.08 bits per heavy atom. The van der Waals surface area contributed by atoms with E-state index in [1.54, 1.807) is 0 Å². The predicted molar refractivity (Wildman–Crippen MR) is 91.1 cm³/mol. The molecule has 2 fully saturated rings. The van der Waals surface area contributed by atoms with Gasteiger partial charge in [-0.05, 0) is 44.2 Å². The van der Waals surface area contributed by atoms with Crippen LogP contribution < -0.4 is 15.8 Å². The van der Waals surface area contributed by atoms with Crippen molar-refractivity contribution in [2.24, 2.45) is 5.73 Å². The molecule has 2 heterocycles. The second-order valence-corrected chi connectivity index (χ2v) is 6.34. The molecule has 24 heavy (non-hydrogen) atoms. The van der Waals surface area contributed by atoms with Gasteiger partial charge in [0.05, 0.1) is 17.9 Å². The lowest BCUT2D eigenvalue weighted by Crippen LogP contribution is -2.30. The first kappa shape index (κ1) is 17.2. The van der Waals surface area contributed by atoms with Crippen LogP contribution in [0.15, 0.2) is 24.3 Å². The molecule has 1 aromatic rings. The molecule has 3 rings (SSSR count). The number of benzene rings is 1. The third-order valence-electron chi connectivity index (χ3n) is 4.51. The van der Waals surface area contributed by atoms with E-state index in [-0.39, 0.29) is 18.1 Å². The largest absolute Gasteiger partial charge is 0.489 e. The van der Waals surface area contributed by atoms with E-state index in [0.717, 1.165) is 25.9 Å². The highest BCUT2D eigenvalue weighted by atomic mass is 16.5. The average molecular weight is 334 g/mol. The van der Waals surface area contributed by atoms with Gasteiger partial charge >= 0.3 is 0 Å². The van der Waals surface area contributed by atoms with E-state index >= 15 is 0 Å². The van der Waals surface area contributed by atoms with Crippen LogP contribution in [-0.2, 0) is 14.3 Å². The highest BCUT2D eigenvalue weighted by Gasteiger charge is 2.30. The molecule has 0 saturated carbocycles. The molecule has 2 aliphatic rings. The zero-order valence-electron chi connectivity index (χ0n) is 13.9. The Kier molecular flexibility index (Phi) is 6.07. The molecule has 6 nitrogen and oxygen atoms in total. The van der Waals surface area contributed by atoms with Gasteiger partial charge in [-0.2, -0.15) is 0 Å². The van der Waals surface area contributed by atoms with Crippen LogP contribution >= 0.6 is 0 Å². The first-order valence-corrected chi connectivity index (χ1v) is 8.76. The van der Waals surface area contributed by atoms with Gasteiger partial charge in [0.15, 0.2) is 0 Å². The molecule has 3 N–H and O–H groups in total. The number of ether oxygens (including phenoxy) is 3. The summed E-state index contributed by atoms with van der Waals surface area (Å²) in [5.74, 6) is 0.518. The molecule has 2 saturated heterocycles. The van der Waals surface area contributed by atoms with Gasteiger partial charge in [0.2, 0.25) is 0 Å². The lowest BCUT2D eigenvalue weighted by Gasteiger charge is -2.23. The van der Waals surface area contributed by atoms with E-state index in [4.69, 9.17) is 19.9 Å². The Hall–Kier alpha value is -1.63. The third kappa shape index (κ3) is 4.47. The molecular formula is C18H26N2O4. The highest BCUT2D eigenvalue weighted by molar-refractivity contribution is 5.95. The Balaban J connectivity index is 1.56. The molecule has 0 aromatic heterocycles. The predicted octanol–water partition coefficient (Wildman–Crippen LogP) is 2.08. The van der Waals surface area contributed by atoms with Crippen molar-refractivity contribution >= 4 is 11.6 Å². The smallest absolute Gasteiger partial charge is 0.253 e. The van der Waals surface area contributed by atoms with E-state index in [1.165, 1.54) is 6.42 Å². The highest BCUT2D eigenvalue weighted by Crippen LogP contribution is 2.27. The quantitative estimate of drug-likeness (QED) is 0.832. The summed E-state index contributed by atoms with van der Waals surface area (Å²) in [6.45, 7) is 1.75. The van der Waals surface area contributed by atoms with Gasteiger partial charge in [0.25, 0.3) is 5.91 Å². The summed E-state index contributed by atoms with van der Waals surface area (Å²) in [4.78, 5) is 12.4. The van der Waals surface area contributed by atoms with Gasteiger partial charge in [0.1, 0.15) is 18.5 Å². The number of nitrogens with one attached hydrogen (secondary N) is 1. The Morgan fingerprint density at radius 1 is 1.21 bits per heavy atom. The summed E-state index contributed by atoms with van der Waals surface area (Å²) in [5, 5.41) is 2.91. The Labute approximate surface area is 142 Å². The minimum atomic E-state index is -0.437. The summed E-state index contributed by atoms with van der Waals surface area (Å²) >= 11 is 0. The third-order valence-corrected chi connectivity index (χ3v) is 4.51. The minimum absolute atomic E-state index is 0.0179. The molecule has 0 bridgehead atoms. The van der Waals surface area contributed by atoms with E-state index in [0.29, 0.717) is 31.0 Å². The van der Waals surface area contributed by atoms with Crippen molar-refractivity contribution in [2.45, 2.75) is 50.4 Å². The monoisotopic (exact) mass is 334 g/mol. The summed E-state index contributed by atoms with van der Waals surface area (Å²) in [6, 6.07) is 7.46. The van der Waals surface area contributed by atoms with E-state index in [1.807, 2.05) is 24.3 Å². The first-order valence-electron chi connectivity index (χ1n) is 8.76. The normalized spacial score (nSPS) is 27.0. The van der Waals surface area contributed by atoms with Crippen LogP contribution in [0.1, 0.15) is 32.1 Å². The van der Waals surface area contributed by atoms with Gasteiger partial charge in [-0.25, -0.2) is 0 Å². The van der Waals surface area contributed by atoms with Crippen LogP contribution in [0.4, 0.5) is 5.69 Å². The van der Waals surface area contributed by atoms with Gasteiger partial charge in [-0.1, -0.05) is 12.1 Å². The maximum Gasteiger partial charge on any atom is 0.253 e. The first-order chi connectivity index (χ1) is 11.8. The Morgan fingerprint density at radius 3 is 2.83 bits per heavy atom. The lowest BCUT2D eigenvalue weighted by molar-refractivity contribution is -0.126. The van der Waals surface area contributed by atoms with Gasteiger partial charge in [-0.15, -0.1) is 0 Å². The van der Waals surface area contributed by atoms with E-state index < -0.39 is 6.10 Å². The number of hydrogen-bond acceptors (Lipinski definition) is 5. The zero-order chi connectivity index (χ0) is 16.8. The van der Waals surface area contributed by atoms with E-state index in [9.17, 15) is 4.79 Å². The van der Waals surface area contributed by atoms with Crippen molar-refractivity contribution in [1.82, 2.24) is 0 Å². The molecule has 0 spiro atoms. The Bertz CT molecular complexity index is 546. The van der Waals surface area contributed by atoms with Crippen LogP contribution in [-0.4, -0.2) is 44.0 Å². The molecule has 0 aliphatic carbocycles. The SMILES string of the molecule is NC[C@H]1CC[C@@H](C(=O)Nc2ccccc2OCC2CCCCO2)O1. The minimum Gasteiger partial charge on any atom is -0.489 e. The molecule has 1 aromatic carbocycles. The molecule has 0 radical (unpaired) electrons. The zero-order valence-corrected chi connectivity index (χ0v) is 13.9. The molecule has 3 atom stereocenters. The standard InChI is InChI=1S/C18H26N2O4/c19-11-13-8-9-17(24-13)18(21)20-15-6-1-2-7-16(15)23-12-14-5-3-4-10-22-14/h1-2,6-7,13-14,17H,3-5,8-12,19H2,(H,20,21)/t13-,14?,17+/m1/s1. The molecule has 2 aliphatic heterocycles. The van der Waals surface area contributed by atoms with E-state index in [2.05, 4.69) is 5.32 Å². The van der Waals surface area contributed by atoms with Gasteiger partial charge < -0.3 is 25.3 Å². The van der Waals surface area contributed by atoms with Crippen LogP contribution in [0.2, 0.25) is 0 Å². The summed E-state index contributed by atoms with van der Waals surface area (Å²) < 4.78 is 17.2. The van der Waals surface area contributed by atoms with Crippen molar-refractivity contribution in [2.75, 3.05) is 25.1 Å². The fourth-order valence-electron chi connectivity index (χ4n) is 3.10. The maximum absolute atomic E-state index is 12.4. The van der Waals surface area contributed by atoms with Crippen molar-refractivity contribution in [3.8, 4) is 5.75 Å². The van der Waals surface area contributed by atoms with Crippen molar-refractivity contribution in [3.63, 3.8) is 0 Å². The molecule has 1 amide bonds. The van der Waals surface area contributed by atoms with Crippen LogP contribution in [0.3, 0.4) is 0 Å². The van der Waals surface area contributed by atoms with Gasteiger partial charge in [0, 0.05) is 13.2 Å². The number of carbonyl (C=O) groups is 1. The molecular weight excluding hydrogens is 308 g/mol. The lowest BCUT2D eigenvalue weighted by atomic mass is 10.1. The number of hydrogen-bond donors (Lipinski definition) is 2. The topological polar surface area (TPSA) is 82.8 Å². The van der Waals surface area contributed by atoms with Crippen molar-refractivity contribution in [3.05, 3.63) is 24.3 Å². The molecule has 6 heteroatoms. The fourth-order valence-corrected chi connectivity index (χ4v) is 3.10. The molecule has 132 valence electrons. The van der Waals surface area contributed by atoms with Crippen molar-refractivity contribution < 1.29 is 19.0 Å². The maximum atomic E-state index is 12.4. The average Bonchev–Trinajstić information content (AvgIpc) is 3.11. The summed E-state index contributed by atoms with van der Waals surface area (Å²) in [6.07, 6.45) is 4.51. The van der Waals surface area contributed by atoms with Crippen LogP contribution in [0, 0.1) is 0 Å². The molecule has 1 unspecified atom stereocenters. The number of para-hydroxylation sites is 2. The van der Waals surface area contributed by atoms with Crippen LogP contribution in [0.25, 0.3) is 0 Å². The number of nitrogens with two attached hydrogens (primary N) is 1. The number of anilines is 1. The second-order valence-electron chi connectivity index (χ2n) is 6.34. The summed E-state index contributed by atoms with van der Waals surface area (Å²) in [5.41, 5.74) is 6.26. The number of rotatable bonds is 6. The van der Waals surface area contributed by atoms with Gasteiger partial charge in [-0.3, -0.25) is 4.79 Å². The number of carbonyl (C=O) groups excluding carboxylic acids is 1. The number of amides is 1. The van der Waals surface area contributed by atoms with Crippen LogP contribution in [0.5, 0.6) is 5.75 Å². The second kappa shape index (κ2) is 8.46.